The van der Waals surface area contributed by atoms with E-state index in [1.165, 1.54) is 20.3 Å². The molecule has 3 heterocycles. The predicted molar refractivity (Wildman–Crippen MR) is 150 cm³/mol. The van der Waals surface area contributed by atoms with Crippen molar-refractivity contribution in [3.05, 3.63) is 122 Å². The monoisotopic (exact) mass is 726 g/mol. The number of hydrogen-bond donors (Lipinski definition) is 0. The minimum atomic E-state index is -0.0277. The van der Waals surface area contributed by atoms with Crippen LogP contribution in [-0.2, 0) is 20.1 Å². The SMILES string of the molecule is CC(C)(C)N1c2ccccc2[Se]c2cc[c-]c(-c3ccccn3)c21.[Ir].[c-]1ccccc1-c1ccccn1. The third-order valence-electron chi connectivity index (χ3n) is 5.72. The number of fused-ring (bicyclic) bond motifs is 2. The first kappa shape index (κ1) is 27.0. The number of rotatable bonds is 2. The van der Waals surface area contributed by atoms with Gasteiger partial charge < -0.3 is 4.98 Å². The quantitative estimate of drug-likeness (QED) is 0.165. The van der Waals surface area contributed by atoms with E-state index in [0.717, 1.165) is 22.5 Å². The second kappa shape index (κ2) is 12.0. The van der Waals surface area contributed by atoms with Crippen LogP contribution in [0.5, 0.6) is 0 Å². The first-order chi connectivity index (χ1) is 17.5. The molecule has 5 heteroatoms. The van der Waals surface area contributed by atoms with Crippen LogP contribution in [0.3, 0.4) is 0 Å². The van der Waals surface area contributed by atoms with Crippen molar-refractivity contribution in [2.24, 2.45) is 0 Å². The van der Waals surface area contributed by atoms with E-state index < -0.39 is 0 Å². The van der Waals surface area contributed by atoms with Crippen molar-refractivity contribution in [1.29, 1.82) is 0 Å². The first-order valence-corrected chi connectivity index (χ1v) is 13.6. The summed E-state index contributed by atoms with van der Waals surface area (Å²) in [4.78, 5) is 11.3. The van der Waals surface area contributed by atoms with Gasteiger partial charge in [0.25, 0.3) is 0 Å². The first-order valence-electron chi connectivity index (χ1n) is 11.9. The number of hydrogen-bond acceptors (Lipinski definition) is 3. The molecular weight excluding hydrogens is 698 g/mol. The van der Waals surface area contributed by atoms with Crippen LogP contribution in [0, 0.1) is 12.1 Å². The Kier molecular flexibility index (Phi) is 8.74. The van der Waals surface area contributed by atoms with Crippen molar-refractivity contribution >= 4 is 35.3 Å². The van der Waals surface area contributed by atoms with Crippen molar-refractivity contribution in [2.75, 3.05) is 4.90 Å². The van der Waals surface area contributed by atoms with Crippen LogP contribution in [0.15, 0.2) is 109 Å². The summed E-state index contributed by atoms with van der Waals surface area (Å²) < 4.78 is 2.83. The fraction of sp³-hybridized carbons (Fsp3) is 0.125. The van der Waals surface area contributed by atoms with Gasteiger partial charge in [-0.2, -0.15) is 0 Å². The summed E-state index contributed by atoms with van der Waals surface area (Å²) in [5.41, 5.74) is 6.64. The number of para-hydroxylation sites is 1. The largest absolute Gasteiger partial charge is 0.305 e. The summed E-state index contributed by atoms with van der Waals surface area (Å²) >= 11 is 0.298. The van der Waals surface area contributed by atoms with Crippen molar-refractivity contribution < 1.29 is 20.1 Å². The van der Waals surface area contributed by atoms with Gasteiger partial charge >= 0.3 is 150 Å². The van der Waals surface area contributed by atoms with Gasteiger partial charge in [-0.15, -0.1) is 35.9 Å². The van der Waals surface area contributed by atoms with E-state index in [1.54, 1.807) is 6.20 Å². The normalized spacial score (nSPS) is 11.8. The van der Waals surface area contributed by atoms with Crippen LogP contribution in [0.1, 0.15) is 20.8 Å². The van der Waals surface area contributed by atoms with Gasteiger partial charge in [0.15, 0.2) is 0 Å². The molecule has 0 atom stereocenters. The van der Waals surface area contributed by atoms with Gasteiger partial charge in [-0.05, 0) is 11.8 Å². The Morgan fingerprint density at radius 2 is 1.35 bits per heavy atom. The fourth-order valence-corrected chi connectivity index (χ4v) is 6.47. The molecule has 1 radical (unpaired) electrons. The second-order valence-electron chi connectivity index (χ2n) is 9.35. The number of aromatic nitrogens is 2. The van der Waals surface area contributed by atoms with Gasteiger partial charge in [-0.25, -0.2) is 0 Å². The van der Waals surface area contributed by atoms with Crippen molar-refractivity contribution in [3.8, 4) is 22.5 Å². The minimum Gasteiger partial charge on any atom is -0.305 e. The molecule has 0 saturated carbocycles. The number of benzene rings is 3. The van der Waals surface area contributed by atoms with E-state index in [9.17, 15) is 0 Å². The second-order valence-corrected chi connectivity index (χ2v) is 11.6. The zero-order chi connectivity index (χ0) is 25.0. The topological polar surface area (TPSA) is 29.0 Å². The maximum absolute atomic E-state index is 4.58. The molecule has 37 heavy (non-hydrogen) atoms. The Morgan fingerprint density at radius 3 is 2.00 bits per heavy atom. The van der Waals surface area contributed by atoms with Crippen molar-refractivity contribution in [3.63, 3.8) is 0 Å². The number of pyridine rings is 2. The maximum Gasteiger partial charge on any atom is 0.0160 e. The molecule has 2 aromatic heterocycles. The molecule has 1 aliphatic rings. The van der Waals surface area contributed by atoms with E-state index >= 15 is 0 Å². The Morgan fingerprint density at radius 1 is 0.676 bits per heavy atom. The smallest absolute Gasteiger partial charge is 0.0160 e. The van der Waals surface area contributed by atoms with Gasteiger partial charge in [-0.3, -0.25) is 0 Å². The van der Waals surface area contributed by atoms with E-state index in [4.69, 9.17) is 0 Å². The van der Waals surface area contributed by atoms with Crippen LogP contribution >= 0.6 is 0 Å². The van der Waals surface area contributed by atoms with Gasteiger partial charge in [0.1, 0.15) is 0 Å². The number of anilines is 2. The Balaban J connectivity index is 0.000000208. The molecule has 0 N–H and O–H groups in total. The van der Waals surface area contributed by atoms with Crippen LogP contribution in [-0.4, -0.2) is 30.5 Å². The van der Waals surface area contributed by atoms with Gasteiger partial charge in [-0.1, -0.05) is 12.1 Å². The van der Waals surface area contributed by atoms with Gasteiger partial charge in [0.2, 0.25) is 0 Å². The summed E-state index contributed by atoms with van der Waals surface area (Å²) in [6.07, 6.45) is 3.64. The van der Waals surface area contributed by atoms with E-state index in [-0.39, 0.29) is 25.6 Å². The Bertz CT molecular complexity index is 1400. The minimum absolute atomic E-state index is 0. The molecule has 0 spiro atoms. The standard InChI is InChI=1S/C21H19N2Se.C11H8N.Ir/c1-21(2,3)23-17-11-4-5-12-18(17)24-19-13-8-9-15(20(19)23)16-10-6-7-14-22-16;1-2-6-10(7-3-1)11-8-4-5-9-12-11;/h4-8,10-14H,1-3H3;1-6,8-9H;/q2*-1;. The van der Waals surface area contributed by atoms with Crippen LogP contribution in [0.2, 0.25) is 0 Å². The molecule has 3 aromatic carbocycles. The summed E-state index contributed by atoms with van der Waals surface area (Å²) in [5.74, 6) is 0. The summed E-state index contributed by atoms with van der Waals surface area (Å²) in [7, 11) is 0. The maximum atomic E-state index is 4.58. The summed E-state index contributed by atoms with van der Waals surface area (Å²) in [6.45, 7) is 6.79. The molecule has 0 unspecified atom stereocenters. The predicted octanol–water partition coefficient (Wildman–Crippen LogP) is 6.00. The number of nitrogens with zero attached hydrogens (tertiary/aromatic N) is 3. The van der Waals surface area contributed by atoms with Crippen molar-refractivity contribution in [2.45, 2.75) is 26.3 Å². The van der Waals surface area contributed by atoms with Gasteiger partial charge in [0, 0.05) is 26.3 Å². The third kappa shape index (κ3) is 6.09. The molecule has 0 saturated heterocycles. The molecule has 0 fully saturated rings. The summed E-state index contributed by atoms with van der Waals surface area (Å²) in [5, 5.41) is 0. The van der Waals surface area contributed by atoms with Crippen LogP contribution in [0.4, 0.5) is 11.4 Å². The summed E-state index contributed by atoms with van der Waals surface area (Å²) in [6, 6.07) is 39.4. The van der Waals surface area contributed by atoms with E-state index in [1.807, 2.05) is 66.9 Å². The molecule has 5 aromatic rings. The molecule has 0 aliphatic carbocycles. The molecule has 3 nitrogen and oxygen atoms in total. The van der Waals surface area contributed by atoms with Gasteiger partial charge in [0.05, 0.1) is 0 Å². The Labute approximate surface area is 239 Å². The average Bonchev–Trinajstić information content (AvgIpc) is 2.92. The van der Waals surface area contributed by atoms with E-state index in [2.05, 4.69) is 84.2 Å². The molecule has 6 rings (SSSR count). The molecule has 0 amide bonds. The molecular formula is C32H27IrN3Se-2. The van der Waals surface area contributed by atoms with Crippen LogP contribution in [0.25, 0.3) is 22.5 Å². The van der Waals surface area contributed by atoms with Crippen LogP contribution < -0.4 is 13.8 Å². The van der Waals surface area contributed by atoms with E-state index in [0.29, 0.717) is 15.0 Å². The zero-order valence-electron chi connectivity index (χ0n) is 21.0. The third-order valence-corrected chi connectivity index (χ3v) is 8.06. The van der Waals surface area contributed by atoms with Crippen molar-refractivity contribution in [1.82, 2.24) is 9.97 Å². The average molecular weight is 725 g/mol. The zero-order valence-corrected chi connectivity index (χ0v) is 25.1. The fourth-order valence-electron chi connectivity index (χ4n) is 4.22. The molecule has 187 valence electrons. The molecule has 0 bridgehead atoms. The Hall–Kier alpha value is -3.07. The molecule has 1 aliphatic heterocycles.